The van der Waals surface area contributed by atoms with E-state index in [1.165, 1.54) is 28.2 Å². The lowest BCUT2D eigenvalue weighted by atomic mass is 9.88. The molecule has 0 radical (unpaired) electrons. The van der Waals surface area contributed by atoms with Crippen LogP contribution in [0.5, 0.6) is 0 Å². The number of rotatable bonds is 1. The summed E-state index contributed by atoms with van der Waals surface area (Å²) in [5.41, 5.74) is 6.45. The van der Waals surface area contributed by atoms with Crippen LogP contribution in [-0.2, 0) is 0 Å². The Bertz CT molecular complexity index is 1390. The Morgan fingerprint density at radius 1 is 1.14 bits per heavy atom. The quantitative estimate of drug-likeness (QED) is 0.494. The van der Waals surface area contributed by atoms with E-state index in [-0.39, 0.29) is 11.1 Å². The maximum atomic E-state index is 13.0. The molecule has 1 aliphatic rings. The normalized spacial score (nSPS) is 16.6. The number of thiazole rings is 1. The summed E-state index contributed by atoms with van der Waals surface area (Å²) in [4.78, 5) is 20.6. The molecule has 0 unspecified atom stereocenters. The Morgan fingerprint density at radius 3 is 2.75 bits per heavy atom. The highest BCUT2D eigenvalue weighted by molar-refractivity contribution is 7.15. The second-order valence-corrected chi connectivity index (χ2v) is 8.96. The van der Waals surface area contributed by atoms with Crippen LogP contribution < -0.4 is 15.0 Å². The van der Waals surface area contributed by atoms with Gasteiger partial charge in [0, 0.05) is 18.3 Å². The van der Waals surface area contributed by atoms with Crippen molar-refractivity contribution in [3.05, 3.63) is 74.6 Å². The molecule has 0 atom stereocenters. The molecule has 2 aromatic carbocycles. The third-order valence-corrected chi connectivity index (χ3v) is 6.65. The van der Waals surface area contributed by atoms with Gasteiger partial charge in [0.15, 0.2) is 4.96 Å². The lowest BCUT2D eigenvalue weighted by molar-refractivity contribution is 0.598. The van der Waals surface area contributed by atoms with Gasteiger partial charge in [-0.15, -0.1) is 0 Å². The standard InChI is InChI=1S/C23H21N3OS/c1-14-13-23(2,3)25(4)18-10-9-15(11-16(14)18)12-20-21(27)26-19-8-6-5-7-17(19)24-22(26)28-20/h5-13H,1-4H3/b20-12+. The predicted molar refractivity (Wildman–Crippen MR) is 118 cm³/mol. The summed E-state index contributed by atoms with van der Waals surface area (Å²) in [6, 6.07) is 14.2. The van der Waals surface area contributed by atoms with Gasteiger partial charge >= 0.3 is 0 Å². The van der Waals surface area contributed by atoms with Crippen LogP contribution in [0.1, 0.15) is 31.9 Å². The monoisotopic (exact) mass is 387 g/mol. The van der Waals surface area contributed by atoms with E-state index in [0.29, 0.717) is 4.53 Å². The molecule has 3 heterocycles. The van der Waals surface area contributed by atoms with E-state index in [4.69, 9.17) is 0 Å². The van der Waals surface area contributed by atoms with Gasteiger partial charge in [-0.3, -0.25) is 4.79 Å². The molecule has 1 aliphatic heterocycles. The maximum Gasteiger partial charge on any atom is 0.274 e. The van der Waals surface area contributed by atoms with E-state index < -0.39 is 0 Å². The van der Waals surface area contributed by atoms with Crippen molar-refractivity contribution in [1.29, 1.82) is 0 Å². The van der Waals surface area contributed by atoms with Crippen LogP contribution in [0, 0.1) is 0 Å². The van der Waals surface area contributed by atoms with Crippen LogP contribution in [0.3, 0.4) is 0 Å². The average molecular weight is 388 g/mol. The molecule has 0 aliphatic carbocycles. The van der Waals surface area contributed by atoms with Crippen molar-refractivity contribution in [2.45, 2.75) is 26.3 Å². The van der Waals surface area contributed by atoms with Crippen molar-refractivity contribution >= 4 is 44.7 Å². The number of nitrogens with zero attached hydrogens (tertiary/aromatic N) is 3. The van der Waals surface area contributed by atoms with Crippen LogP contribution in [0.4, 0.5) is 5.69 Å². The summed E-state index contributed by atoms with van der Waals surface area (Å²) in [6.45, 7) is 6.59. The summed E-state index contributed by atoms with van der Waals surface area (Å²) < 4.78 is 2.42. The third kappa shape index (κ3) is 2.43. The summed E-state index contributed by atoms with van der Waals surface area (Å²) >= 11 is 1.44. The molecule has 5 heteroatoms. The van der Waals surface area contributed by atoms with Crippen LogP contribution in [-0.4, -0.2) is 22.0 Å². The van der Waals surface area contributed by atoms with Crippen LogP contribution in [0.25, 0.3) is 27.6 Å². The van der Waals surface area contributed by atoms with Crippen molar-refractivity contribution in [3.63, 3.8) is 0 Å². The van der Waals surface area contributed by atoms with E-state index in [9.17, 15) is 4.79 Å². The van der Waals surface area contributed by atoms with Crippen molar-refractivity contribution < 1.29 is 0 Å². The number of allylic oxidation sites excluding steroid dienone is 1. The summed E-state index contributed by atoms with van der Waals surface area (Å²) in [6.07, 6.45) is 4.27. The molecule has 140 valence electrons. The van der Waals surface area contributed by atoms with E-state index in [0.717, 1.165) is 21.6 Å². The van der Waals surface area contributed by atoms with Crippen molar-refractivity contribution in [1.82, 2.24) is 9.38 Å². The lowest BCUT2D eigenvalue weighted by Crippen LogP contribution is -2.42. The zero-order chi connectivity index (χ0) is 19.6. The van der Waals surface area contributed by atoms with Gasteiger partial charge in [-0.1, -0.05) is 35.6 Å². The van der Waals surface area contributed by atoms with Gasteiger partial charge in [0.2, 0.25) is 0 Å². The first kappa shape index (κ1) is 17.2. The fraction of sp³-hybridized carbons (Fsp3) is 0.217. The first-order valence-electron chi connectivity index (χ1n) is 9.34. The van der Waals surface area contributed by atoms with Crippen LogP contribution in [0.2, 0.25) is 0 Å². The predicted octanol–water partition coefficient (Wildman–Crippen LogP) is 4.09. The number of hydrogen-bond donors (Lipinski definition) is 0. The number of imidazole rings is 1. The fourth-order valence-electron chi connectivity index (χ4n) is 4.03. The van der Waals surface area contributed by atoms with Gasteiger partial charge < -0.3 is 4.90 Å². The number of hydrogen-bond acceptors (Lipinski definition) is 4. The van der Waals surface area contributed by atoms with Gasteiger partial charge in [0.1, 0.15) is 0 Å². The maximum absolute atomic E-state index is 13.0. The van der Waals surface area contributed by atoms with Gasteiger partial charge in [0.25, 0.3) is 5.56 Å². The molecular weight excluding hydrogens is 366 g/mol. The van der Waals surface area contributed by atoms with Gasteiger partial charge in [-0.25, -0.2) is 9.38 Å². The summed E-state index contributed by atoms with van der Waals surface area (Å²) in [5, 5.41) is 0. The molecular formula is C23H21N3OS. The Kier molecular flexibility index (Phi) is 3.55. The topological polar surface area (TPSA) is 37.6 Å². The first-order chi connectivity index (χ1) is 13.3. The minimum absolute atomic E-state index is 0.00284. The number of anilines is 1. The highest BCUT2D eigenvalue weighted by Crippen LogP contribution is 2.38. The molecule has 28 heavy (non-hydrogen) atoms. The molecule has 0 spiro atoms. The largest absolute Gasteiger partial charge is 0.366 e. The SMILES string of the molecule is CC1=CC(C)(C)N(C)c2ccc(/C=c3/sc4nc5ccccc5n4c3=O)cc21. The van der Waals surface area contributed by atoms with Gasteiger partial charge in [-0.2, -0.15) is 0 Å². The smallest absolute Gasteiger partial charge is 0.274 e. The van der Waals surface area contributed by atoms with Crippen molar-refractivity contribution in [2.24, 2.45) is 0 Å². The summed E-state index contributed by atoms with van der Waals surface area (Å²) in [5.74, 6) is 0. The van der Waals surface area contributed by atoms with Crippen molar-refractivity contribution in [3.8, 4) is 0 Å². The first-order valence-corrected chi connectivity index (χ1v) is 10.2. The second-order valence-electron chi connectivity index (χ2n) is 7.95. The van der Waals surface area contributed by atoms with Gasteiger partial charge in [-0.05, 0) is 62.2 Å². The number of benzene rings is 2. The number of aromatic nitrogens is 2. The molecule has 4 aromatic rings. The molecule has 0 amide bonds. The number of fused-ring (bicyclic) bond motifs is 4. The Balaban J connectivity index is 1.68. The Labute approximate surface area is 167 Å². The minimum Gasteiger partial charge on any atom is -0.366 e. The highest BCUT2D eigenvalue weighted by Gasteiger charge is 2.28. The fourth-order valence-corrected chi connectivity index (χ4v) is 5.02. The molecule has 0 bridgehead atoms. The molecule has 2 aromatic heterocycles. The zero-order valence-electron chi connectivity index (χ0n) is 16.4. The number of para-hydroxylation sites is 2. The van der Waals surface area contributed by atoms with E-state index >= 15 is 0 Å². The minimum atomic E-state index is -0.00933. The molecule has 5 rings (SSSR count). The summed E-state index contributed by atoms with van der Waals surface area (Å²) in [7, 11) is 2.13. The number of likely N-dealkylation sites (N-methyl/N-ethyl adjacent to an activating group) is 1. The molecule has 0 saturated heterocycles. The molecule has 0 fully saturated rings. The Hall–Kier alpha value is -2.92. The van der Waals surface area contributed by atoms with Crippen molar-refractivity contribution in [2.75, 3.05) is 11.9 Å². The second kappa shape index (κ2) is 5.79. The molecule has 0 N–H and O–H groups in total. The zero-order valence-corrected chi connectivity index (χ0v) is 17.2. The molecule has 4 nitrogen and oxygen atoms in total. The van der Waals surface area contributed by atoms with E-state index in [2.05, 4.69) is 62.0 Å². The van der Waals surface area contributed by atoms with Gasteiger partial charge in [0.05, 0.1) is 21.1 Å². The van der Waals surface area contributed by atoms with Crippen LogP contribution >= 0.6 is 11.3 Å². The molecule has 0 saturated carbocycles. The van der Waals surface area contributed by atoms with E-state index in [1.807, 2.05) is 30.3 Å². The Morgan fingerprint density at radius 2 is 1.93 bits per heavy atom. The van der Waals surface area contributed by atoms with E-state index in [1.54, 1.807) is 4.40 Å². The van der Waals surface area contributed by atoms with Crippen LogP contribution in [0.15, 0.2) is 53.3 Å². The third-order valence-electron chi connectivity index (χ3n) is 5.68. The average Bonchev–Trinajstić information content (AvgIpc) is 3.16. The lowest BCUT2D eigenvalue weighted by Gasteiger charge is -2.40. The highest BCUT2D eigenvalue weighted by atomic mass is 32.1.